The molecule has 1 fully saturated rings. The molecule has 0 radical (unpaired) electrons. The standard InChI is InChI=1S/C11H18N4O2/c1-17-9-2-5-13-10(14-9)15-6-3-11(12,8-16)4-7-15/h2,5,16H,3-4,6-8,12H2,1H3. The normalized spacial score (nSPS) is 19.1. The number of aromatic nitrogens is 2. The lowest BCUT2D eigenvalue weighted by atomic mass is 9.90. The van der Waals surface area contributed by atoms with Gasteiger partial charge in [0.25, 0.3) is 0 Å². The highest BCUT2D eigenvalue weighted by atomic mass is 16.5. The molecule has 0 aliphatic carbocycles. The van der Waals surface area contributed by atoms with Crippen molar-refractivity contribution in [3.63, 3.8) is 0 Å². The van der Waals surface area contributed by atoms with Crippen molar-refractivity contribution in [1.82, 2.24) is 9.97 Å². The number of methoxy groups -OCH3 is 1. The van der Waals surface area contributed by atoms with Crippen molar-refractivity contribution in [2.24, 2.45) is 5.73 Å². The highest BCUT2D eigenvalue weighted by molar-refractivity contribution is 5.33. The summed E-state index contributed by atoms with van der Waals surface area (Å²) in [5.74, 6) is 1.21. The molecule has 3 N–H and O–H groups in total. The van der Waals surface area contributed by atoms with Crippen LogP contribution in [-0.4, -0.2) is 47.4 Å². The molecule has 1 aromatic rings. The minimum atomic E-state index is -0.449. The van der Waals surface area contributed by atoms with Gasteiger partial charge in [0.1, 0.15) is 0 Å². The van der Waals surface area contributed by atoms with Gasteiger partial charge in [-0.15, -0.1) is 0 Å². The second kappa shape index (κ2) is 4.85. The fourth-order valence-corrected chi connectivity index (χ4v) is 1.91. The molecule has 0 spiro atoms. The van der Waals surface area contributed by atoms with Gasteiger partial charge in [0, 0.05) is 30.9 Å². The number of nitrogens with two attached hydrogens (primary N) is 1. The molecule has 17 heavy (non-hydrogen) atoms. The van der Waals surface area contributed by atoms with Crippen LogP contribution in [0.1, 0.15) is 12.8 Å². The molecule has 0 bridgehead atoms. The topological polar surface area (TPSA) is 84.5 Å². The van der Waals surface area contributed by atoms with Crippen LogP contribution in [0.15, 0.2) is 12.3 Å². The van der Waals surface area contributed by atoms with Crippen molar-refractivity contribution < 1.29 is 9.84 Å². The maximum absolute atomic E-state index is 9.19. The van der Waals surface area contributed by atoms with E-state index in [0.717, 1.165) is 25.9 Å². The first-order valence-corrected chi connectivity index (χ1v) is 5.69. The summed E-state index contributed by atoms with van der Waals surface area (Å²) in [5.41, 5.74) is 5.56. The van der Waals surface area contributed by atoms with Crippen molar-refractivity contribution in [2.45, 2.75) is 18.4 Å². The van der Waals surface area contributed by atoms with Crippen molar-refractivity contribution >= 4 is 5.95 Å². The predicted molar refractivity (Wildman–Crippen MR) is 64.0 cm³/mol. The quantitative estimate of drug-likeness (QED) is 0.757. The third-order valence-corrected chi connectivity index (χ3v) is 3.18. The van der Waals surface area contributed by atoms with Crippen molar-refractivity contribution in [3.05, 3.63) is 12.3 Å². The van der Waals surface area contributed by atoms with Crippen LogP contribution >= 0.6 is 0 Å². The van der Waals surface area contributed by atoms with E-state index < -0.39 is 5.54 Å². The summed E-state index contributed by atoms with van der Waals surface area (Å²) < 4.78 is 5.07. The van der Waals surface area contributed by atoms with E-state index in [0.29, 0.717) is 11.8 Å². The Labute approximate surface area is 100 Å². The summed E-state index contributed by atoms with van der Waals surface area (Å²) in [6, 6.07) is 1.72. The average molecular weight is 238 g/mol. The third-order valence-electron chi connectivity index (χ3n) is 3.18. The number of hydrogen-bond donors (Lipinski definition) is 2. The van der Waals surface area contributed by atoms with E-state index in [-0.39, 0.29) is 6.61 Å². The van der Waals surface area contributed by atoms with Crippen molar-refractivity contribution in [2.75, 3.05) is 31.7 Å². The fourth-order valence-electron chi connectivity index (χ4n) is 1.91. The van der Waals surface area contributed by atoms with Gasteiger partial charge >= 0.3 is 0 Å². The Hall–Kier alpha value is -1.40. The lowest BCUT2D eigenvalue weighted by Crippen LogP contribution is -2.53. The zero-order chi connectivity index (χ0) is 12.3. The molecule has 0 atom stereocenters. The lowest BCUT2D eigenvalue weighted by Gasteiger charge is -2.37. The number of piperidine rings is 1. The number of aliphatic hydroxyl groups is 1. The van der Waals surface area contributed by atoms with Gasteiger partial charge in [0.15, 0.2) is 0 Å². The summed E-state index contributed by atoms with van der Waals surface area (Å²) >= 11 is 0. The molecule has 1 aliphatic rings. The van der Waals surface area contributed by atoms with Gasteiger partial charge in [0.05, 0.1) is 13.7 Å². The van der Waals surface area contributed by atoms with Crippen LogP contribution < -0.4 is 15.4 Å². The third kappa shape index (κ3) is 2.65. The monoisotopic (exact) mass is 238 g/mol. The smallest absolute Gasteiger partial charge is 0.228 e. The number of nitrogens with zero attached hydrogens (tertiary/aromatic N) is 3. The predicted octanol–water partition coefficient (Wildman–Crippen LogP) is -0.225. The average Bonchev–Trinajstić information content (AvgIpc) is 2.40. The first kappa shape index (κ1) is 12.1. The van der Waals surface area contributed by atoms with Gasteiger partial charge in [-0.2, -0.15) is 4.98 Å². The van der Waals surface area contributed by atoms with E-state index in [1.54, 1.807) is 19.4 Å². The Morgan fingerprint density at radius 2 is 2.24 bits per heavy atom. The molecule has 94 valence electrons. The minimum Gasteiger partial charge on any atom is -0.481 e. The zero-order valence-electron chi connectivity index (χ0n) is 9.96. The maximum atomic E-state index is 9.19. The van der Waals surface area contributed by atoms with Crippen molar-refractivity contribution in [3.8, 4) is 5.88 Å². The summed E-state index contributed by atoms with van der Waals surface area (Å²) in [4.78, 5) is 10.6. The largest absolute Gasteiger partial charge is 0.481 e. The first-order chi connectivity index (χ1) is 8.17. The van der Waals surface area contributed by atoms with Crippen LogP contribution in [0.4, 0.5) is 5.95 Å². The van der Waals surface area contributed by atoms with Crippen LogP contribution in [0.3, 0.4) is 0 Å². The van der Waals surface area contributed by atoms with Gasteiger partial charge in [-0.25, -0.2) is 4.98 Å². The Morgan fingerprint density at radius 3 is 2.82 bits per heavy atom. The highest BCUT2D eigenvalue weighted by Crippen LogP contribution is 2.22. The maximum Gasteiger partial charge on any atom is 0.228 e. The number of rotatable bonds is 3. The summed E-state index contributed by atoms with van der Waals surface area (Å²) in [7, 11) is 1.58. The molecule has 2 heterocycles. The zero-order valence-corrected chi connectivity index (χ0v) is 9.96. The number of anilines is 1. The summed E-state index contributed by atoms with van der Waals surface area (Å²) in [6.45, 7) is 1.54. The number of hydrogen-bond acceptors (Lipinski definition) is 6. The van der Waals surface area contributed by atoms with Crippen LogP contribution in [0, 0.1) is 0 Å². The van der Waals surface area contributed by atoms with Crippen LogP contribution in [0.2, 0.25) is 0 Å². The molecule has 0 unspecified atom stereocenters. The van der Waals surface area contributed by atoms with Gasteiger partial charge in [-0.05, 0) is 12.8 Å². The minimum absolute atomic E-state index is 0.0276. The SMILES string of the molecule is COc1ccnc(N2CCC(N)(CO)CC2)n1. The van der Waals surface area contributed by atoms with Crippen LogP contribution in [0.25, 0.3) is 0 Å². The van der Waals surface area contributed by atoms with E-state index in [1.165, 1.54) is 0 Å². The van der Waals surface area contributed by atoms with E-state index in [9.17, 15) is 5.11 Å². The fraction of sp³-hybridized carbons (Fsp3) is 0.636. The molecule has 0 aromatic carbocycles. The number of ether oxygens (including phenoxy) is 1. The lowest BCUT2D eigenvalue weighted by molar-refractivity contribution is 0.169. The second-order valence-corrected chi connectivity index (χ2v) is 4.41. The molecule has 0 amide bonds. The van der Waals surface area contributed by atoms with Gasteiger partial charge in [-0.1, -0.05) is 0 Å². The van der Waals surface area contributed by atoms with Gasteiger partial charge < -0.3 is 20.5 Å². The summed E-state index contributed by atoms with van der Waals surface area (Å²) in [6.07, 6.45) is 3.16. The molecule has 6 heteroatoms. The van der Waals surface area contributed by atoms with E-state index in [4.69, 9.17) is 10.5 Å². The second-order valence-electron chi connectivity index (χ2n) is 4.41. The van der Waals surface area contributed by atoms with Crippen LogP contribution in [0.5, 0.6) is 5.88 Å². The Kier molecular flexibility index (Phi) is 3.44. The molecule has 2 rings (SSSR count). The molecule has 1 aromatic heterocycles. The molecule has 1 saturated heterocycles. The van der Waals surface area contributed by atoms with Crippen LogP contribution in [-0.2, 0) is 0 Å². The van der Waals surface area contributed by atoms with E-state index >= 15 is 0 Å². The molecular formula is C11H18N4O2. The van der Waals surface area contributed by atoms with Gasteiger partial charge in [-0.3, -0.25) is 0 Å². The van der Waals surface area contributed by atoms with E-state index in [1.807, 2.05) is 0 Å². The Morgan fingerprint density at radius 1 is 1.53 bits per heavy atom. The molecule has 1 aliphatic heterocycles. The Balaban J connectivity index is 2.05. The Bertz CT molecular complexity index is 377. The van der Waals surface area contributed by atoms with Crippen molar-refractivity contribution in [1.29, 1.82) is 0 Å². The molecule has 6 nitrogen and oxygen atoms in total. The van der Waals surface area contributed by atoms with Gasteiger partial charge in [0.2, 0.25) is 11.8 Å². The molecule has 0 saturated carbocycles. The number of aliphatic hydroxyl groups excluding tert-OH is 1. The molecular weight excluding hydrogens is 220 g/mol. The highest BCUT2D eigenvalue weighted by Gasteiger charge is 2.30. The summed E-state index contributed by atoms with van der Waals surface area (Å²) in [5, 5.41) is 9.19. The first-order valence-electron chi connectivity index (χ1n) is 5.69. The van der Waals surface area contributed by atoms with E-state index in [2.05, 4.69) is 14.9 Å².